The number of halogens is 1. The van der Waals surface area contributed by atoms with E-state index >= 15 is 0 Å². The van der Waals surface area contributed by atoms with Crippen molar-refractivity contribution in [2.24, 2.45) is 5.73 Å². The zero-order valence-corrected chi connectivity index (χ0v) is 14.7. The molecule has 0 saturated heterocycles. The summed E-state index contributed by atoms with van der Waals surface area (Å²) in [6.07, 6.45) is 2.90. The first-order chi connectivity index (χ1) is 11.5. The van der Waals surface area contributed by atoms with Gasteiger partial charge in [0, 0.05) is 16.5 Å². The second kappa shape index (κ2) is 6.78. The quantitative estimate of drug-likeness (QED) is 0.624. The van der Waals surface area contributed by atoms with Crippen LogP contribution < -0.4 is 5.73 Å². The van der Waals surface area contributed by atoms with Gasteiger partial charge in [-0.05, 0) is 81.5 Å². The minimum atomic E-state index is -0.189. The first kappa shape index (κ1) is 16.7. The molecule has 0 spiro atoms. The third kappa shape index (κ3) is 3.09. The Morgan fingerprint density at radius 1 is 1.00 bits per heavy atom. The summed E-state index contributed by atoms with van der Waals surface area (Å²) in [4.78, 5) is 3.54. The SMILES string of the molecule is Cc1cc(C)c(-c2[nH]c3ccc(F)cc3c2CCCCN)c(C)c1. The van der Waals surface area contributed by atoms with Gasteiger partial charge in [-0.3, -0.25) is 0 Å². The highest BCUT2D eigenvalue weighted by Gasteiger charge is 2.17. The smallest absolute Gasteiger partial charge is 0.123 e. The predicted octanol–water partition coefficient (Wildman–Crippen LogP) is 5.18. The maximum atomic E-state index is 13.8. The number of aromatic nitrogens is 1. The molecule has 0 aliphatic heterocycles. The minimum absolute atomic E-state index is 0.189. The molecule has 0 aliphatic rings. The van der Waals surface area contributed by atoms with Crippen molar-refractivity contribution >= 4 is 10.9 Å². The van der Waals surface area contributed by atoms with Crippen molar-refractivity contribution in [1.29, 1.82) is 0 Å². The molecule has 0 saturated carbocycles. The Morgan fingerprint density at radius 2 is 1.71 bits per heavy atom. The lowest BCUT2D eigenvalue weighted by Gasteiger charge is -2.13. The Kier molecular flexibility index (Phi) is 4.72. The van der Waals surface area contributed by atoms with Crippen molar-refractivity contribution in [2.45, 2.75) is 40.0 Å². The van der Waals surface area contributed by atoms with Crippen LogP contribution in [0.2, 0.25) is 0 Å². The van der Waals surface area contributed by atoms with Gasteiger partial charge in [-0.15, -0.1) is 0 Å². The van der Waals surface area contributed by atoms with E-state index in [-0.39, 0.29) is 5.82 Å². The largest absolute Gasteiger partial charge is 0.354 e. The van der Waals surface area contributed by atoms with Gasteiger partial charge in [0.1, 0.15) is 5.82 Å². The van der Waals surface area contributed by atoms with Gasteiger partial charge in [-0.2, -0.15) is 0 Å². The first-order valence-corrected chi connectivity index (χ1v) is 8.59. The lowest BCUT2D eigenvalue weighted by atomic mass is 9.93. The number of aryl methyl sites for hydroxylation is 4. The second-order valence-corrected chi connectivity index (χ2v) is 6.69. The Balaban J connectivity index is 2.21. The molecule has 3 rings (SSSR count). The standard InChI is InChI=1S/C21H25FN2/c1-13-10-14(2)20(15(3)11-13)21-17(6-4-5-9-23)18-12-16(22)7-8-19(18)24-21/h7-8,10-12,24H,4-6,9,23H2,1-3H3. The number of nitrogens with two attached hydrogens (primary N) is 1. The van der Waals surface area contributed by atoms with Crippen LogP contribution in [0.3, 0.4) is 0 Å². The van der Waals surface area contributed by atoms with Crippen molar-refractivity contribution < 1.29 is 4.39 Å². The van der Waals surface area contributed by atoms with Crippen LogP contribution in [0.25, 0.3) is 22.2 Å². The first-order valence-electron chi connectivity index (χ1n) is 8.59. The van der Waals surface area contributed by atoms with E-state index in [1.54, 1.807) is 6.07 Å². The van der Waals surface area contributed by atoms with Gasteiger partial charge >= 0.3 is 0 Å². The molecule has 126 valence electrons. The summed E-state index contributed by atoms with van der Waals surface area (Å²) < 4.78 is 13.8. The Hall–Kier alpha value is -2.13. The zero-order valence-electron chi connectivity index (χ0n) is 14.7. The average molecular weight is 324 g/mol. The van der Waals surface area contributed by atoms with Crippen LogP contribution in [0.15, 0.2) is 30.3 Å². The summed E-state index contributed by atoms with van der Waals surface area (Å²) in [6, 6.07) is 9.41. The van der Waals surface area contributed by atoms with Crippen molar-refractivity contribution in [2.75, 3.05) is 6.54 Å². The number of hydrogen-bond donors (Lipinski definition) is 2. The molecule has 0 atom stereocenters. The van der Waals surface area contributed by atoms with Gasteiger partial charge in [0.25, 0.3) is 0 Å². The molecule has 2 aromatic carbocycles. The fraction of sp³-hybridized carbons (Fsp3) is 0.333. The van der Waals surface area contributed by atoms with Gasteiger partial charge in [0.2, 0.25) is 0 Å². The molecule has 0 radical (unpaired) electrons. The van der Waals surface area contributed by atoms with Gasteiger partial charge < -0.3 is 10.7 Å². The third-order valence-electron chi connectivity index (χ3n) is 4.68. The van der Waals surface area contributed by atoms with E-state index in [1.165, 1.54) is 33.9 Å². The molecule has 0 aliphatic carbocycles. The zero-order chi connectivity index (χ0) is 17.3. The average Bonchev–Trinajstić information content (AvgIpc) is 2.84. The molecule has 0 bridgehead atoms. The molecule has 3 aromatic rings. The number of rotatable bonds is 5. The number of aromatic amines is 1. The second-order valence-electron chi connectivity index (χ2n) is 6.69. The number of fused-ring (bicyclic) bond motifs is 1. The highest BCUT2D eigenvalue weighted by molar-refractivity contribution is 5.92. The predicted molar refractivity (Wildman–Crippen MR) is 99.9 cm³/mol. The molecule has 3 heteroatoms. The van der Waals surface area contributed by atoms with Crippen LogP contribution in [-0.2, 0) is 6.42 Å². The van der Waals surface area contributed by atoms with Gasteiger partial charge in [-0.1, -0.05) is 17.7 Å². The van der Waals surface area contributed by atoms with Crippen molar-refractivity contribution in [1.82, 2.24) is 4.98 Å². The number of nitrogens with one attached hydrogen (secondary N) is 1. The molecule has 0 fully saturated rings. The van der Waals surface area contributed by atoms with Gasteiger partial charge in [0.15, 0.2) is 0 Å². The van der Waals surface area contributed by atoms with Crippen molar-refractivity contribution in [3.63, 3.8) is 0 Å². The maximum Gasteiger partial charge on any atom is 0.123 e. The van der Waals surface area contributed by atoms with Crippen molar-refractivity contribution in [3.8, 4) is 11.3 Å². The number of hydrogen-bond acceptors (Lipinski definition) is 1. The van der Waals surface area contributed by atoms with E-state index < -0.39 is 0 Å². The Bertz CT molecular complexity index is 854. The summed E-state index contributed by atoms with van der Waals surface area (Å²) in [6.45, 7) is 7.09. The minimum Gasteiger partial charge on any atom is -0.354 e. The highest BCUT2D eigenvalue weighted by Crippen LogP contribution is 2.36. The summed E-state index contributed by atoms with van der Waals surface area (Å²) >= 11 is 0. The lowest BCUT2D eigenvalue weighted by Crippen LogP contribution is -2.00. The Morgan fingerprint density at radius 3 is 2.38 bits per heavy atom. The van der Waals surface area contributed by atoms with E-state index in [4.69, 9.17) is 5.73 Å². The van der Waals surface area contributed by atoms with E-state index in [1.807, 2.05) is 6.07 Å². The fourth-order valence-electron chi connectivity index (χ4n) is 3.71. The van der Waals surface area contributed by atoms with Crippen LogP contribution in [-0.4, -0.2) is 11.5 Å². The van der Waals surface area contributed by atoms with Crippen molar-refractivity contribution in [3.05, 3.63) is 58.4 Å². The molecule has 0 unspecified atom stereocenters. The highest BCUT2D eigenvalue weighted by atomic mass is 19.1. The number of unbranched alkanes of at least 4 members (excludes halogenated alkanes) is 1. The number of H-pyrrole nitrogens is 1. The summed E-state index contributed by atoms with van der Waals surface area (Å²) in [5.41, 5.74) is 14.0. The van der Waals surface area contributed by atoms with Crippen LogP contribution in [0.4, 0.5) is 4.39 Å². The van der Waals surface area contributed by atoms with E-state index in [2.05, 4.69) is 37.9 Å². The number of benzene rings is 2. The Labute approximate surface area is 142 Å². The van der Waals surface area contributed by atoms with Crippen LogP contribution >= 0.6 is 0 Å². The van der Waals surface area contributed by atoms with Crippen LogP contribution in [0.1, 0.15) is 35.1 Å². The lowest BCUT2D eigenvalue weighted by molar-refractivity contribution is 0.629. The molecular formula is C21H25FN2. The monoisotopic (exact) mass is 324 g/mol. The van der Waals surface area contributed by atoms with Crippen LogP contribution in [0, 0.1) is 26.6 Å². The van der Waals surface area contributed by atoms with E-state index in [9.17, 15) is 4.39 Å². The summed E-state index contributed by atoms with van der Waals surface area (Å²) in [5.74, 6) is -0.189. The maximum absolute atomic E-state index is 13.8. The molecule has 1 heterocycles. The van der Waals surface area contributed by atoms with E-state index in [0.717, 1.165) is 35.9 Å². The van der Waals surface area contributed by atoms with E-state index in [0.29, 0.717) is 6.54 Å². The summed E-state index contributed by atoms with van der Waals surface area (Å²) in [7, 11) is 0. The molecule has 3 N–H and O–H groups in total. The summed E-state index contributed by atoms with van der Waals surface area (Å²) in [5, 5.41) is 0.987. The molecule has 0 amide bonds. The molecule has 2 nitrogen and oxygen atoms in total. The topological polar surface area (TPSA) is 41.8 Å². The fourth-order valence-corrected chi connectivity index (χ4v) is 3.71. The van der Waals surface area contributed by atoms with Gasteiger partial charge in [-0.25, -0.2) is 4.39 Å². The molecule has 1 aromatic heterocycles. The normalized spacial score (nSPS) is 11.4. The van der Waals surface area contributed by atoms with Gasteiger partial charge in [0.05, 0.1) is 5.69 Å². The molecule has 24 heavy (non-hydrogen) atoms. The third-order valence-corrected chi connectivity index (χ3v) is 4.68. The van der Waals surface area contributed by atoms with Crippen LogP contribution in [0.5, 0.6) is 0 Å². The molecular weight excluding hydrogens is 299 g/mol.